The van der Waals surface area contributed by atoms with Crippen molar-refractivity contribution in [2.24, 2.45) is 0 Å². The number of hydrogen-bond acceptors (Lipinski definition) is 2. The maximum absolute atomic E-state index is 11.8. The highest BCUT2D eigenvalue weighted by Gasteiger charge is 2.13. The van der Waals surface area contributed by atoms with Gasteiger partial charge in [0.25, 0.3) is 5.91 Å². The molecule has 1 amide bonds. The zero-order valence-corrected chi connectivity index (χ0v) is 11.5. The summed E-state index contributed by atoms with van der Waals surface area (Å²) in [6.45, 7) is 6.00. The molecule has 0 bridgehead atoms. The van der Waals surface area contributed by atoms with E-state index in [-0.39, 0.29) is 17.3 Å². The van der Waals surface area contributed by atoms with Crippen molar-refractivity contribution < 1.29 is 4.79 Å². The standard InChI is InChI=1S/C12H18ClNOS/c1-4-10-5-6-11(16-10)12(15)14-9(3)7-8(2)13/h5-6,8-9H,4,7H2,1-3H3,(H,14,15). The van der Waals surface area contributed by atoms with Crippen molar-refractivity contribution in [3.63, 3.8) is 0 Å². The van der Waals surface area contributed by atoms with E-state index in [1.807, 2.05) is 26.0 Å². The third-order valence-electron chi connectivity index (χ3n) is 2.29. The molecule has 1 aromatic heterocycles. The zero-order chi connectivity index (χ0) is 12.1. The number of carbonyl (C=O) groups excluding carboxylic acids is 1. The number of alkyl halides is 1. The molecule has 0 fully saturated rings. The van der Waals surface area contributed by atoms with Gasteiger partial charge < -0.3 is 5.32 Å². The van der Waals surface area contributed by atoms with Crippen molar-refractivity contribution in [1.29, 1.82) is 0 Å². The number of thiophene rings is 1. The molecule has 0 aliphatic rings. The highest BCUT2D eigenvalue weighted by atomic mass is 35.5. The average molecular weight is 260 g/mol. The van der Waals surface area contributed by atoms with Crippen molar-refractivity contribution >= 4 is 28.8 Å². The van der Waals surface area contributed by atoms with Crippen LogP contribution in [0.4, 0.5) is 0 Å². The molecule has 2 atom stereocenters. The molecule has 0 aliphatic carbocycles. The maximum Gasteiger partial charge on any atom is 0.261 e. The van der Waals surface area contributed by atoms with Crippen LogP contribution in [-0.4, -0.2) is 17.3 Å². The van der Waals surface area contributed by atoms with Crippen LogP contribution >= 0.6 is 22.9 Å². The van der Waals surface area contributed by atoms with E-state index in [2.05, 4.69) is 12.2 Å². The molecule has 0 saturated carbocycles. The SMILES string of the molecule is CCc1ccc(C(=O)NC(C)CC(C)Cl)s1. The smallest absolute Gasteiger partial charge is 0.261 e. The number of amides is 1. The number of rotatable bonds is 5. The van der Waals surface area contributed by atoms with Crippen LogP contribution in [0.5, 0.6) is 0 Å². The van der Waals surface area contributed by atoms with Gasteiger partial charge in [-0.15, -0.1) is 22.9 Å². The van der Waals surface area contributed by atoms with E-state index >= 15 is 0 Å². The van der Waals surface area contributed by atoms with E-state index in [9.17, 15) is 4.79 Å². The third kappa shape index (κ3) is 4.14. The van der Waals surface area contributed by atoms with Gasteiger partial charge >= 0.3 is 0 Å². The molecule has 1 rings (SSSR count). The van der Waals surface area contributed by atoms with E-state index in [1.165, 1.54) is 4.88 Å². The molecule has 0 spiro atoms. The fraction of sp³-hybridized carbons (Fsp3) is 0.583. The lowest BCUT2D eigenvalue weighted by Gasteiger charge is -2.14. The van der Waals surface area contributed by atoms with E-state index in [4.69, 9.17) is 11.6 Å². The lowest BCUT2D eigenvalue weighted by atomic mass is 10.2. The van der Waals surface area contributed by atoms with Crippen LogP contribution in [0.25, 0.3) is 0 Å². The molecule has 0 aromatic carbocycles. The second-order valence-corrected chi connectivity index (χ2v) is 5.92. The van der Waals surface area contributed by atoms with E-state index < -0.39 is 0 Å². The topological polar surface area (TPSA) is 29.1 Å². The van der Waals surface area contributed by atoms with E-state index in [1.54, 1.807) is 11.3 Å². The Hall–Kier alpha value is -0.540. The van der Waals surface area contributed by atoms with Crippen molar-refractivity contribution in [1.82, 2.24) is 5.32 Å². The summed E-state index contributed by atoms with van der Waals surface area (Å²) < 4.78 is 0. The quantitative estimate of drug-likeness (QED) is 0.807. The molecule has 0 saturated heterocycles. The van der Waals surface area contributed by atoms with E-state index in [0.29, 0.717) is 0 Å². The molecule has 90 valence electrons. The second kappa shape index (κ2) is 6.26. The van der Waals surface area contributed by atoms with Crippen LogP contribution in [0.3, 0.4) is 0 Å². The first-order valence-corrected chi connectivity index (χ1v) is 6.81. The zero-order valence-electron chi connectivity index (χ0n) is 9.92. The van der Waals surface area contributed by atoms with Gasteiger partial charge in [-0.25, -0.2) is 0 Å². The molecular weight excluding hydrogens is 242 g/mol. The minimum atomic E-state index is 0.00881. The van der Waals surface area contributed by atoms with Gasteiger partial charge in [0.1, 0.15) is 0 Å². The Bertz CT molecular complexity index is 349. The number of carbonyl (C=O) groups is 1. The Morgan fingerprint density at radius 3 is 2.69 bits per heavy atom. The molecule has 4 heteroatoms. The van der Waals surface area contributed by atoms with Crippen LogP contribution < -0.4 is 5.32 Å². The monoisotopic (exact) mass is 259 g/mol. The minimum Gasteiger partial charge on any atom is -0.349 e. The first-order valence-electron chi connectivity index (χ1n) is 5.56. The van der Waals surface area contributed by atoms with Crippen molar-refractivity contribution in [2.45, 2.75) is 45.0 Å². The molecular formula is C12H18ClNOS. The lowest BCUT2D eigenvalue weighted by molar-refractivity contribution is 0.0942. The van der Waals surface area contributed by atoms with Crippen LogP contribution in [0.15, 0.2) is 12.1 Å². The molecule has 16 heavy (non-hydrogen) atoms. The largest absolute Gasteiger partial charge is 0.349 e. The van der Waals surface area contributed by atoms with Crippen LogP contribution in [0.1, 0.15) is 41.7 Å². The van der Waals surface area contributed by atoms with Gasteiger partial charge in [-0.3, -0.25) is 4.79 Å². The first kappa shape index (κ1) is 13.5. The number of halogens is 1. The Labute approximate surface area is 106 Å². The van der Waals surface area contributed by atoms with Gasteiger partial charge in [-0.1, -0.05) is 6.92 Å². The van der Waals surface area contributed by atoms with Crippen molar-refractivity contribution in [3.8, 4) is 0 Å². The summed E-state index contributed by atoms with van der Waals surface area (Å²) in [5.74, 6) is 0.00881. The Kier molecular flexibility index (Phi) is 5.29. The Morgan fingerprint density at radius 1 is 1.50 bits per heavy atom. The fourth-order valence-electron chi connectivity index (χ4n) is 1.53. The molecule has 2 unspecified atom stereocenters. The third-order valence-corrected chi connectivity index (χ3v) is 3.70. The van der Waals surface area contributed by atoms with Gasteiger partial charge in [-0.05, 0) is 38.8 Å². The summed E-state index contributed by atoms with van der Waals surface area (Å²) in [5, 5.41) is 3.04. The molecule has 2 nitrogen and oxygen atoms in total. The summed E-state index contributed by atoms with van der Waals surface area (Å²) in [5.41, 5.74) is 0. The number of nitrogens with one attached hydrogen (secondary N) is 1. The maximum atomic E-state index is 11.8. The minimum absolute atomic E-state index is 0.00881. The van der Waals surface area contributed by atoms with Gasteiger partial charge in [0.2, 0.25) is 0 Å². The van der Waals surface area contributed by atoms with Crippen LogP contribution in [0.2, 0.25) is 0 Å². The highest BCUT2D eigenvalue weighted by molar-refractivity contribution is 7.14. The van der Waals surface area contributed by atoms with Gasteiger partial charge in [-0.2, -0.15) is 0 Å². The normalized spacial score (nSPS) is 14.5. The Balaban J connectivity index is 2.51. The second-order valence-electron chi connectivity index (χ2n) is 4.01. The number of aryl methyl sites for hydroxylation is 1. The molecule has 0 radical (unpaired) electrons. The lowest BCUT2D eigenvalue weighted by Crippen LogP contribution is -2.33. The van der Waals surface area contributed by atoms with Crippen LogP contribution in [0, 0.1) is 0 Å². The summed E-state index contributed by atoms with van der Waals surface area (Å²) in [6.07, 6.45) is 1.77. The summed E-state index contributed by atoms with van der Waals surface area (Å²) >= 11 is 7.44. The summed E-state index contributed by atoms with van der Waals surface area (Å²) in [4.78, 5) is 13.8. The molecule has 1 heterocycles. The van der Waals surface area contributed by atoms with Crippen molar-refractivity contribution in [3.05, 3.63) is 21.9 Å². The average Bonchev–Trinajstić information content (AvgIpc) is 2.64. The summed E-state index contributed by atoms with van der Waals surface area (Å²) in [6, 6.07) is 4.01. The predicted octanol–water partition coefficient (Wildman–Crippen LogP) is 3.45. The first-order chi connectivity index (χ1) is 7.52. The molecule has 0 aliphatic heterocycles. The fourth-order valence-corrected chi connectivity index (χ4v) is 2.65. The van der Waals surface area contributed by atoms with Gasteiger partial charge in [0.15, 0.2) is 0 Å². The predicted molar refractivity (Wildman–Crippen MR) is 70.6 cm³/mol. The summed E-state index contributed by atoms with van der Waals surface area (Å²) in [7, 11) is 0. The van der Waals surface area contributed by atoms with Crippen LogP contribution in [-0.2, 0) is 6.42 Å². The molecule has 1 N–H and O–H groups in total. The molecule has 1 aromatic rings. The van der Waals surface area contributed by atoms with Gasteiger partial charge in [0.05, 0.1) is 4.88 Å². The van der Waals surface area contributed by atoms with Crippen molar-refractivity contribution in [2.75, 3.05) is 0 Å². The highest BCUT2D eigenvalue weighted by Crippen LogP contribution is 2.17. The van der Waals surface area contributed by atoms with Gasteiger partial charge in [0, 0.05) is 16.3 Å². The number of hydrogen-bond donors (Lipinski definition) is 1. The Morgan fingerprint density at radius 2 is 2.19 bits per heavy atom. The van der Waals surface area contributed by atoms with E-state index in [0.717, 1.165) is 17.7 Å².